The molecule has 4 nitrogen and oxygen atoms in total. The van der Waals surface area contributed by atoms with Crippen LogP contribution in [-0.2, 0) is 12.8 Å². The third-order valence-electron chi connectivity index (χ3n) is 5.48. The number of hydrogen-bond acceptors (Lipinski definition) is 4. The summed E-state index contributed by atoms with van der Waals surface area (Å²) in [6.45, 7) is 10.1. The summed E-state index contributed by atoms with van der Waals surface area (Å²) < 4.78 is 0. The van der Waals surface area contributed by atoms with Gasteiger partial charge in [-0.05, 0) is 68.7 Å². The fourth-order valence-electron chi connectivity index (χ4n) is 3.64. The molecule has 3 rings (SSSR count). The second kappa shape index (κ2) is 10.2. The number of hydrogen-bond donors (Lipinski definition) is 2. The van der Waals surface area contributed by atoms with Crippen LogP contribution in [0.4, 0.5) is 11.4 Å². The highest BCUT2D eigenvalue weighted by atomic mass is 15.2. The number of piperidine rings is 1. The van der Waals surface area contributed by atoms with Crippen LogP contribution >= 0.6 is 0 Å². The van der Waals surface area contributed by atoms with E-state index in [1.165, 1.54) is 37.1 Å². The minimum absolute atomic E-state index is 0.585. The highest BCUT2D eigenvalue weighted by molar-refractivity contribution is 5.67. The van der Waals surface area contributed by atoms with Crippen molar-refractivity contribution in [3.8, 4) is 0 Å². The number of likely N-dealkylation sites (tertiary alicyclic amines) is 1. The molecule has 0 amide bonds. The Balaban J connectivity index is 1.34. The van der Waals surface area contributed by atoms with Crippen LogP contribution in [0.1, 0.15) is 30.9 Å². The van der Waals surface area contributed by atoms with Gasteiger partial charge in [-0.2, -0.15) is 0 Å². The van der Waals surface area contributed by atoms with Gasteiger partial charge in [0.2, 0.25) is 0 Å². The lowest BCUT2D eigenvalue weighted by Crippen LogP contribution is -2.44. The maximum atomic E-state index is 4.05. The highest BCUT2D eigenvalue weighted by Gasteiger charge is 2.18. The molecule has 0 unspecified atom stereocenters. The van der Waals surface area contributed by atoms with E-state index in [2.05, 4.69) is 58.4 Å². The van der Waals surface area contributed by atoms with Gasteiger partial charge in [-0.15, -0.1) is 0 Å². The van der Waals surface area contributed by atoms with Gasteiger partial charge < -0.3 is 10.2 Å². The van der Waals surface area contributed by atoms with Gasteiger partial charge in [0.25, 0.3) is 0 Å². The Bertz CT molecular complexity index is 703. The Kier molecular flexibility index (Phi) is 7.43. The van der Waals surface area contributed by atoms with Gasteiger partial charge >= 0.3 is 0 Å². The van der Waals surface area contributed by atoms with Crippen LogP contribution < -0.4 is 10.6 Å². The average Bonchev–Trinajstić information content (AvgIpc) is 2.74. The van der Waals surface area contributed by atoms with E-state index < -0.39 is 0 Å². The lowest BCUT2D eigenvalue weighted by molar-refractivity contribution is 0.201. The maximum absolute atomic E-state index is 4.05. The zero-order chi connectivity index (χ0) is 18.9. The van der Waals surface area contributed by atoms with E-state index >= 15 is 0 Å². The molecular weight excluding hydrogens is 332 g/mol. The van der Waals surface area contributed by atoms with E-state index in [4.69, 9.17) is 0 Å². The quantitative estimate of drug-likeness (QED) is 0.516. The van der Waals surface area contributed by atoms with Crippen LogP contribution in [0.2, 0.25) is 0 Å². The van der Waals surface area contributed by atoms with Crippen molar-refractivity contribution in [2.24, 2.45) is 4.99 Å². The number of nitrogens with zero attached hydrogens (tertiary/aromatic N) is 2. The van der Waals surface area contributed by atoms with E-state index in [9.17, 15) is 0 Å². The monoisotopic (exact) mass is 364 g/mol. The van der Waals surface area contributed by atoms with Gasteiger partial charge in [-0.1, -0.05) is 43.3 Å². The second-order valence-electron chi connectivity index (χ2n) is 7.27. The molecule has 0 aliphatic carbocycles. The zero-order valence-corrected chi connectivity index (χ0v) is 16.5. The SMILES string of the molecule is C=Nc1ccccc1NCNC1CCN(CCc2ccc(CC)cc2)CC1. The Morgan fingerprint density at radius 1 is 1.04 bits per heavy atom. The van der Waals surface area contributed by atoms with Gasteiger partial charge in [-0.25, -0.2) is 0 Å². The standard InChI is InChI=1S/C23H32N4/c1-3-19-8-10-20(11-9-19)12-15-27-16-13-21(14-17-27)25-18-26-23-7-5-4-6-22(23)24-2/h4-11,21,25-26H,2-3,12-18H2,1H3. The van der Waals surface area contributed by atoms with Crippen molar-refractivity contribution < 1.29 is 0 Å². The maximum Gasteiger partial charge on any atom is 0.0854 e. The summed E-state index contributed by atoms with van der Waals surface area (Å²) in [6.07, 6.45) is 4.68. The first-order chi connectivity index (χ1) is 13.3. The summed E-state index contributed by atoms with van der Waals surface area (Å²) in [5, 5.41) is 7.05. The number of aryl methyl sites for hydroxylation is 1. The fraction of sp³-hybridized carbons (Fsp3) is 0.435. The molecule has 2 N–H and O–H groups in total. The predicted molar refractivity (Wildman–Crippen MR) is 116 cm³/mol. The summed E-state index contributed by atoms with van der Waals surface area (Å²) in [6, 6.07) is 17.7. The van der Waals surface area contributed by atoms with Crippen molar-refractivity contribution in [2.45, 2.75) is 38.6 Å². The van der Waals surface area contributed by atoms with Gasteiger partial charge in [0, 0.05) is 12.6 Å². The average molecular weight is 365 g/mol. The minimum Gasteiger partial charge on any atom is -0.371 e. The Morgan fingerprint density at radius 3 is 2.44 bits per heavy atom. The van der Waals surface area contributed by atoms with Gasteiger partial charge in [0.1, 0.15) is 0 Å². The smallest absolute Gasteiger partial charge is 0.0854 e. The fourth-order valence-corrected chi connectivity index (χ4v) is 3.64. The lowest BCUT2D eigenvalue weighted by Gasteiger charge is -2.32. The zero-order valence-electron chi connectivity index (χ0n) is 16.5. The summed E-state index contributed by atoms with van der Waals surface area (Å²) in [7, 11) is 0. The number of benzene rings is 2. The van der Waals surface area contributed by atoms with Crippen LogP contribution in [-0.4, -0.2) is 44.0 Å². The lowest BCUT2D eigenvalue weighted by atomic mass is 10.0. The normalized spacial score (nSPS) is 15.6. The molecule has 0 radical (unpaired) electrons. The molecule has 1 saturated heterocycles. The molecule has 2 aromatic rings. The molecule has 0 atom stereocenters. The summed E-state index contributed by atoms with van der Waals surface area (Å²) in [5.41, 5.74) is 4.81. The molecule has 1 fully saturated rings. The third kappa shape index (κ3) is 5.91. The van der Waals surface area contributed by atoms with Gasteiger partial charge in [0.15, 0.2) is 0 Å². The molecule has 1 aliphatic rings. The summed E-state index contributed by atoms with van der Waals surface area (Å²) in [4.78, 5) is 6.65. The Morgan fingerprint density at radius 2 is 1.74 bits per heavy atom. The molecule has 4 heteroatoms. The number of aliphatic imine (C=N–C) groups is 1. The van der Waals surface area contributed by atoms with E-state index in [1.54, 1.807) is 0 Å². The molecule has 2 aromatic carbocycles. The van der Waals surface area contributed by atoms with Crippen molar-refractivity contribution >= 4 is 18.1 Å². The first-order valence-electron chi connectivity index (χ1n) is 10.1. The Labute approximate surface area is 163 Å². The molecule has 0 saturated carbocycles. The topological polar surface area (TPSA) is 39.7 Å². The van der Waals surface area contributed by atoms with Crippen molar-refractivity contribution in [1.29, 1.82) is 0 Å². The molecule has 27 heavy (non-hydrogen) atoms. The molecule has 0 bridgehead atoms. The van der Waals surface area contributed by atoms with E-state index in [1.807, 2.05) is 24.3 Å². The predicted octanol–water partition coefficient (Wildman–Crippen LogP) is 4.25. The molecule has 0 spiro atoms. The molecular formula is C23H32N4. The van der Waals surface area contributed by atoms with Crippen LogP contribution in [0.25, 0.3) is 0 Å². The molecule has 0 aromatic heterocycles. The van der Waals surface area contributed by atoms with E-state index in [0.717, 1.165) is 37.4 Å². The van der Waals surface area contributed by atoms with Crippen LogP contribution in [0.3, 0.4) is 0 Å². The van der Waals surface area contributed by atoms with Crippen molar-refractivity contribution in [3.63, 3.8) is 0 Å². The number of para-hydroxylation sites is 2. The minimum atomic E-state index is 0.585. The summed E-state index contributed by atoms with van der Waals surface area (Å²) in [5.74, 6) is 0. The van der Waals surface area contributed by atoms with Crippen LogP contribution in [0, 0.1) is 0 Å². The molecule has 1 heterocycles. The Hall–Kier alpha value is -2.17. The second-order valence-corrected chi connectivity index (χ2v) is 7.27. The van der Waals surface area contributed by atoms with Crippen LogP contribution in [0.5, 0.6) is 0 Å². The van der Waals surface area contributed by atoms with Crippen molar-refractivity contribution in [2.75, 3.05) is 31.6 Å². The molecule has 1 aliphatic heterocycles. The van der Waals surface area contributed by atoms with E-state index in [0.29, 0.717) is 6.04 Å². The molecule has 144 valence electrons. The first kappa shape index (κ1) is 19.6. The van der Waals surface area contributed by atoms with Gasteiger partial charge in [0.05, 0.1) is 18.0 Å². The number of rotatable bonds is 9. The van der Waals surface area contributed by atoms with Gasteiger partial charge in [-0.3, -0.25) is 10.3 Å². The largest absolute Gasteiger partial charge is 0.371 e. The number of anilines is 1. The third-order valence-corrected chi connectivity index (χ3v) is 5.48. The summed E-state index contributed by atoms with van der Waals surface area (Å²) >= 11 is 0. The van der Waals surface area contributed by atoms with Crippen LogP contribution in [0.15, 0.2) is 53.5 Å². The van der Waals surface area contributed by atoms with Crippen molar-refractivity contribution in [3.05, 3.63) is 59.7 Å². The first-order valence-corrected chi connectivity index (χ1v) is 10.1. The number of nitrogens with one attached hydrogen (secondary N) is 2. The van der Waals surface area contributed by atoms with Crippen molar-refractivity contribution in [1.82, 2.24) is 10.2 Å². The highest BCUT2D eigenvalue weighted by Crippen LogP contribution is 2.23. The van der Waals surface area contributed by atoms with E-state index in [-0.39, 0.29) is 0 Å².